The van der Waals surface area contributed by atoms with E-state index in [9.17, 15) is 0 Å². The third-order valence-electron chi connectivity index (χ3n) is 0.539. The number of hydrogen-bond donors (Lipinski definition) is 0. The zero-order chi connectivity index (χ0) is 3.54. The van der Waals surface area contributed by atoms with Crippen molar-refractivity contribution in [1.29, 1.82) is 0 Å². The van der Waals surface area contributed by atoms with Crippen LogP contribution in [0.5, 0.6) is 0 Å². The Labute approximate surface area is 56.8 Å². The third kappa shape index (κ3) is 2.38. The van der Waals surface area contributed by atoms with E-state index in [1.807, 2.05) is 23.5 Å². The predicted molar refractivity (Wildman–Crippen MR) is 29.8 cm³/mol. The minimum Gasteiger partial charge on any atom is -0.150 e. The minimum atomic E-state index is 0. The van der Waals surface area contributed by atoms with Crippen LogP contribution in [0.15, 0.2) is 0 Å². The van der Waals surface area contributed by atoms with Gasteiger partial charge in [-0.25, -0.2) is 0 Å². The van der Waals surface area contributed by atoms with Gasteiger partial charge in [0.2, 0.25) is 0 Å². The Kier molecular flexibility index (Phi) is 5.22. The number of rotatable bonds is 0. The predicted octanol–water partition coefficient (Wildman–Crippen LogP) is 1.42. The molecule has 0 aromatic carbocycles. The molecule has 0 aromatic heterocycles. The molecule has 1 aliphatic heterocycles. The Hall–Kier alpha value is 1.19. The molecule has 3 heteroatoms. The van der Waals surface area contributed by atoms with Crippen LogP contribution in [0.3, 0.4) is 0 Å². The van der Waals surface area contributed by atoms with Crippen molar-refractivity contribution in [1.82, 2.24) is 0 Å². The SMILES string of the molecule is C1CSCS1.[Ni]. The summed E-state index contributed by atoms with van der Waals surface area (Å²) in [5.41, 5.74) is 0. The molecule has 0 aliphatic carbocycles. The summed E-state index contributed by atoms with van der Waals surface area (Å²) in [4.78, 5) is 0. The second-order valence-corrected chi connectivity index (χ2v) is 3.51. The first kappa shape index (κ1) is 7.19. The zero-order valence-electron chi connectivity index (χ0n) is 3.25. The molecule has 1 rings (SSSR count). The van der Waals surface area contributed by atoms with Crippen LogP contribution in [0.2, 0.25) is 0 Å². The smallest absolute Gasteiger partial charge is 0.0392 e. The second kappa shape index (κ2) is 4.35. The van der Waals surface area contributed by atoms with Crippen LogP contribution in [-0.2, 0) is 16.5 Å². The molecule has 0 saturated carbocycles. The topological polar surface area (TPSA) is 0 Å². The summed E-state index contributed by atoms with van der Waals surface area (Å²) in [5, 5.41) is 1.33. The molecule has 0 bridgehead atoms. The van der Waals surface area contributed by atoms with Crippen molar-refractivity contribution >= 4 is 23.5 Å². The molecule has 0 amide bonds. The Morgan fingerprint density at radius 2 is 1.50 bits per heavy atom. The van der Waals surface area contributed by atoms with Gasteiger partial charge in [-0.3, -0.25) is 0 Å². The maximum Gasteiger partial charge on any atom is 0.0392 e. The van der Waals surface area contributed by atoms with Gasteiger partial charge in [0.05, 0.1) is 0 Å². The van der Waals surface area contributed by atoms with E-state index in [1.54, 1.807) is 0 Å². The van der Waals surface area contributed by atoms with Gasteiger partial charge in [0.15, 0.2) is 0 Å². The van der Waals surface area contributed by atoms with Crippen molar-refractivity contribution < 1.29 is 16.5 Å². The molecule has 1 fully saturated rings. The van der Waals surface area contributed by atoms with E-state index in [0.29, 0.717) is 0 Å². The van der Waals surface area contributed by atoms with Crippen molar-refractivity contribution in [3.63, 3.8) is 0 Å². The van der Waals surface area contributed by atoms with Gasteiger partial charge in [-0.2, -0.15) is 23.5 Å². The fraction of sp³-hybridized carbons (Fsp3) is 1.00. The maximum absolute atomic E-state index is 2.04. The molecule has 0 unspecified atom stereocenters. The average molecular weight is 165 g/mol. The van der Waals surface area contributed by atoms with E-state index in [4.69, 9.17) is 0 Å². The Morgan fingerprint density at radius 1 is 1.00 bits per heavy atom. The van der Waals surface area contributed by atoms with Gasteiger partial charge in [0.1, 0.15) is 0 Å². The summed E-state index contributed by atoms with van der Waals surface area (Å²) < 4.78 is 0. The zero-order valence-corrected chi connectivity index (χ0v) is 5.87. The van der Waals surface area contributed by atoms with Crippen LogP contribution in [0.25, 0.3) is 0 Å². The molecule has 0 atom stereocenters. The fourth-order valence-corrected chi connectivity index (χ4v) is 2.65. The van der Waals surface area contributed by atoms with Gasteiger partial charge in [0.25, 0.3) is 0 Å². The van der Waals surface area contributed by atoms with E-state index < -0.39 is 0 Å². The van der Waals surface area contributed by atoms with Gasteiger partial charge in [0, 0.05) is 33.1 Å². The minimum absolute atomic E-state index is 0. The summed E-state index contributed by atoms with van der Waals surface area (Å²) in [6, 6.07) is 0. The van der Waals surface area contributed by atoms with Gasteiger partial charge >= 0.3 is 0 Å². The molecule has 40 valence electrons. The molecule has 6 heavy (non-hydrogen) atoms. The summed E-state index contributed by atoms with van der Waals surface area (Å²) in [6.07, 6.45) is 0. The summed E-state index contributed by atoms with van der Waals surface area (Å²) in [7, 11) is 0. The first-order valence-corrected chi connectivity index (χ1v) is 3.96. The Morgan fingerprint density at radius 3 is 1.67 bits per heavy atom. The molecule has 0 N–H and O–H groups in total. The molecule has 0 aromatic rings. The molecule has 0 nitrogen and oxygen atoms in total. The average Bonchev–Trinajstić information content (AvgIpc) is 1.76. The van der Waals surface area contributed by atoms with Gasteiger partial charge in [-0.1, -0.05) is 0 Å². The molecular weight excluding hydrogens is 159 g/mol. The molecule has 0 spiro atoms. The Bertz CT molecular complexity index is 20.4. The Balaban J connectivity index is 0.000000250. The van der Waals surface area contributed by atoms with Crippen LogP contribution in [0.4, 0.5) is 0 Å². The molecular formula is C3H6NiS2. The first-order chi connectivity index (χ1) is 2.50. The quantitative estimate of drug-likeness (QED) is 0.497. The second-order valence-electron chi connectivity index (χ2n) is 0.934. The van der Waals surface area contributed by atoms with E-state index in [1.165, 1.54) is 16.6 Å². The fourth-order valence-electron chi connectivity index (χ4n) is 0.295. The van der Waals surface area contributed by atoms with Crippen molar-refractivity contribution in [3.05, 3.63) is 0 Å². The summed E-state index contributed by atoms with van der Waals surface area (Å²) in [5.74, 6) is 2.76. The first-order valence-electron chi connectivity index (χ1n) is 1.65. The molecule has 1 heterocycles. The normalized spacial score (nSPS) is 20.0. The van der Waals surface area contributed by atoms with Crippen molar-refractivity contribution in [3.8, 4) is 0 Å². The van der Waals surface area contributed by atoms with Crippen LogP contribution in [0.1, 0.15) is 0 Å². The van der Waals surface area contributed by atoms with Crippen molar-refractivity contribution in [2.45, 2.75) is 0 Å². The number of hydrogen-bond acceptors (Lipinski definition) is 2. The van der Waals surface area contributed by atoms with Gasteiger partial charge < -0.3 is 0 Å². The van der Waals surface area contributed by atoms with Gasteiger partial charge in [-0.15, -0.1) is 0 Å². The van der Waals surface area contributed by atoms with E-state index in [0.717, 1.165) is 0 Å². The van der Waals surface area contributed by atoms with E-state index in [-0.39, 0.29) is 16.5 Å². The standard InChI is InChI=1S/C3H6S2.Ni/c1-2-5-3-4-1;/h1-3H2;. The number of thioether (sulfide) groups is 2. The largest absolute Gasteiger partial charge is 0.150 e. The van der Waals surface area contributed by atoms with Crippen molar-refractivity contribution in [2.24, 2.45) is 0 Å². The molecule has 1 saturated heterocycles. The van der Waals surface area contributed by atoms with Crippen LogP contribution >= 0.6 is 23.5 Å². The molecule has 1 aliphatic rings. The van der Waals surface area contributed by atoms with Crippen LogP contribution in [-0.4, -0.2) is 16.6 Å². The van der Waals surface area contributed by atoms with Crippen LogP contribution in [0, 0.1) is 0 Å². The van der Waals surface area contributed by atoms with E-state index in [2.05, 4.69) is 0 Å². The maximum atomic E-state index is 2.04. The van der Waals surface area contributed by atoms with Crippen LogP contribution < -0.4 is 0 Å². The van der Waals surface area contributed by atoms with Crippen molar-refractivity contribution in [2.75, 3.05) is 16.6 Å². The molecule has 0 radical (unpaired) electrons. The summed E-state index contributed by atoms with van der Waals surface area (Å²) in [6.45, 7) is 0. The van der Waals surface area contributed by atoms with E-state index >= 15 is 0 Å². The summed E-state index contributed by atoms with van der Waals surface area (Å²) >= 11 is 4.07. The van der Waals surface area contributed by atoms with Gasteiger partial charge in [-0.05, 0) is 0 Å². The third-order valence-corrected chi connectivity index (χ3v) is 3.12. The monoisotopic (exact) mass is 164 g/mol.